The zero-order valence-corrected chi connectivity index (χ0v) is 9.01. The van der Waals surface area contributed by atoms with E-state index in [1.165, 1.54) is 0 Å². The molecule has 0 aliphatic carbocycles. The van der Waals surface area contributed by atoms with Gasteiger partial charge in [0.1, 0.15) is 6.10 Å². The Bertz CT molecular complexity index is 359. The monoisotopic (exact) mass is 221 g/mol. The van der Waals surface area contributed by atoms with Gasteiger partial charge in [0, 0.05) is 6.42 Å². The molecule has 0 heterocycles. The second-order valence-corrected chi connectivity index (χ2v) is 3.54. The Kier molecular flexibility index (Phi) is 4.51. The number of carbonyl (C=O) groups excluding carboxylic acids is 2. The lowest BCUT2D eigenvalue weighted by atomic mass is 10.1. The number of hydrogen-bond acceptors (Lipinski definition) is 4. The highest BCUT2D eigenvalue weighted by Gasteiger charge is 2.10. The normalized spacial score (nSPS) is 11.8. The number of ether oxygens (including phenoxy) is 1. The average Bonchev–Trinajstić information content (AvgIpc) is 2.17. The summed E-state index contributed by atoms with van der Waals surface area (Å²) in [6.45, 7) is 1.72. The molecule has 0 saturated carbocycles. The van der Waals surface area contributed by atoms with Gasteiger partial charge in [0.15, 0.2) is 0 Å². The number of hydrogen-bond donors (Lipinski definition) is 0. The van der Waals surface area contributed by atoms with E-state index < -0.39 is 18.4 Å². The Labute approximate surface area is 93.9 Å². The zero-order chi connectivity index (χ0) is 12.0. The standard InChI is InChI=1S/C12H14O4/c1-9(16-12(15)8-11(13)14)7-10-5-3-2-4-6-10/h2-6,9H,7-8H2,1H3,(H,13,14)/p-1. The van der Waals surface area contributed by atoms with Crippen LogP contribution < -0.4 is 5.11 Å². The number of carboxylic acid groups (broad SMARTS) is 1. The third-order valence-corrected chi connectivity index (χ3v) is 1.99. The lowest BCUT2D eigenvalue weighted by Gasteiger charge is -2.13. The fraction of sp³-hybridized carbons (Fsp3) is 0.333. The molecule has 4 nitrogen and oxygen atoms in total. The van der Waals surface area contributed by atoms with Crippen molar-refractivity contribution in [2.75, 3.05) is 0 Å². The van der Waals surface area contributed by atoms with Gasteiger partial charge in [-0.15, -0.1) is 0 Å². The second-order valence-electron chi connectivity index (χ2n) is 3.54. The summed E-state index contributed by atoms with van der Waals surface area (Å²) in [5.74, 6) is -2.18. The SMILES string of the molecule is CC(Cc1ccccc1)OC(=O)CC(=O)[O-]. The lowest BCUT2D eigenvalue weighted by Crippen LogP contribution is -2.28. The second kappa shape index (κ2) is 5.90. The van der Waals surface area contributed by atoms with Crippen LogP contribution in [0.3, 0.4) is 0 Å². The van der Waals surface area contributed by atoms with E-state index >= 15 is 0 Å². The van der Waals surface area contributed by atoms with Gasteiger partial charge in [0.25, 0.3) is 0 Å². The molecular weight excluding hydrogens is 208 g/mol. The first kappa shape index (κ1) is 12.2. The van der Waals surface area contributed by atoms with E-state index in [2.05, 4.69) is 0 Å². The molecule has 0 saturated heterocycles. The zero-order valence-electron chi connectivity index (χ0n) is 9.01. The van der Waals surface area contributed by atoms with Crippen LogP contribution in [0.4, 0.5) is 0 Å². The van der Waals surface area contributed by atoms with Crippen LogP contribution >= 0.6 is 0 Å². The molecule has 0 amide bonds. The molecule has 0 N–H and O–H groups in total. The van der Waals surface area contributed by atoms with Crippen molar-refractivity contribution < 1.29 is 19.4 Å². The molecule has 0 fully saturated rings. The molecule has 1 rings (SSSR count). The number of carbonyl (C=O) groups is 2. The Morgan fingerprint density at radius 1 is 1.31 bits per heavy atom. The minimum Gasteiger partial charge on any atom is -0.550 e. The number of aliphatic carboxylic acids is 1. The van der Waals surface area contributed by atoms with Gasteiger partial charge in [-0.3, -0.25) is 4.79 Å². The maximum atomic E-state index is 11.0. The van der Waals surface area contributed by atoms with Crippen molar-refractivity contribution in [3.63, 3.8) is 0 Å². The highest BCUT2D eigenvalue weighted by Crippen LogP contribution is 2.06. The first-order valence-electron chi connectivity index (χ1n) is 5.01. The van der Waals surface area contributed by atoms with Crippen molar-refractivity contribution in [2.45, 2.75) is 25.9 Å². The molecule has 0 bridgehead atoms. The van der Waals surface area contributed by atoms with E-state index in [4.69, 9.17) is 4.74 Å². The molecule has 0 aromatic heterocycles. The minimum absolute atomic E-state index is 0.339. The largest absolute Gasteiger partial charge is 0.550 e. The first-order chi connectivity index (χ1) is 7.58. The maximum Gasteiger partial charge on any atom is 0.311 e. The molecule has 1 aromatic carbocycles. The molecule has 0 aliphatic rings. The summed E-state index contributed by atoms with van der Waals surface area (Å²) in [6, 6.07) is 9.53. The first-order valence-corrected chi connectivity index (χ1v) is 5.01. The van der Waals surface area contributed by atoms with E-state index in [-0.39, 0.29) is 6.10 Å². The molecule has 1 atom stereocenters. The van der Waals surface area contributed by atoms with Gasteiger partial charge in [0.2, 0.25) is 0 Å². The maximum absolute atomic E-state index is 11.0. The van der Waals surface area contributed by atoms with Gasteiger partial charge in [-0.2, -0.15) is 0 Å². The smallest absolute Gasteiger partial charge is 0.311 e. The van der Waals surface area contributed by atoms with Crippen molar-refractivity contribution in [3.8, 4) is 0 Å². The predicted molar refractivity (Wildman–Crippen MR) is 55.3 cm³/mol. The molecule has 1 unspecified atom stereocenters. The number of carboxylic acids is 1. The summed E-state index contributed by atoms with van der Waals surface area (Å²) in [5.41, 5.74) is 1.04. The van der Waals surface area contributed by atoms with Crippen molar-refractivity contribution in [3.05, 3.63) is 35.9 Å². The summed E-state index contributed by atoms with van der Waals surface area (Å²) in [7, 11) is 0. The van der Waals surface area contributed by atoms with Crippen molar-refractivity contribution in [1.82, 2.24) is 0 Å². The van der Waals surface area contributed by atoms with Crippen LogP contribution in [0.25, 0.3) is 0 Å². The summed E-state index contributed by atoms with van der Waals surface area (Å²) >= 11 is 0. The Balaban J connectivity index is 2.39. The fourth-order valence-corrected chi connectivity index (χ4v) is 1.37. The van der Waals surface area contributed by atoms with E-state index in [1.54, 1.807) is 6.92 Å². The van der Waals surface area contributed by atoms with Crippen LogP contribution in [-0.4, -0.2) is 18.0 Å². The highest BCUT2D eigenvalue weighted by atomic mass is 16.5. The van der Waals surface area contributed by atoms with Crippen molar-refractivity contribution in [1.29, 1.82) is 0 Å². The topological polar surface area (TPSA) is 66.4 Å². The van der Waals surface area contributed by atoms with Gasteiger partial charge in [-0.25, -0.2) is 0 Å². The third-order valence-electron chi connectivity index (χ3n) is 1.99. The molecule has 1 aromatic rings. The van der Waals surface area contributed by atoms with Crippen molar-refractivity contribution >= 4 is 11.9 Å². The summed E-state index contributed by atoms with van der Waals surface area (Å²) in [5, 5.41) is 10.1. The summed E-state index contributed by atoms with van der Waals surface area (Å²) in [4.78, 5) is 21.1. The van der Waals surface area contributed by atoms with Crippen LogP contribution in [0.5, 0.6) is 0 Å². The molecule has 16 heavy (non-hydrogen) atoms. The van der Waals surface area contributed by atoms with Crippen LogP contribution in [-0.2, 0) is 20.7 Å². The van der Waals surface area contributed by atoms with E-state index in [1.807, 2.05) is 30.3 Å². The Morgan fingerprint density at radius 3 is 2.50 bits per heavy atom. The van der Waals surface area contributed by atoms with Gasteiger partial charge in [-0.1, -0.05) is 30.3 Å². The van der Waals surface area contributed by atoms with Crippen LogP contribution in [0.1, 0.15) is 18.9 Å². The van der Waals surface area contributed by atoms with Crippen LogP contribution in [0.2, 0.25) is 0 Å². The molecule has 0 radical (unpaired) electrons. The predicted octanol–water partition coefficient (Wildman–Crippen LogP) is 0.301. The quantitative estimate of drug-likeness (QED) is 0.530. The van der Waals surface area contributed by atoms with Crippen LogP contribution in [0.15, 0.2) is 30.3 Å². The average molecular weight is 221 g/mol. The molecule has 0 aliphatic heterocycles. The summed E-state index contributed by atoms with van der Waals surface area (Å²) < 4.78 is 4.91. The Morgan fingerprint density at radius 2 is 1.94 bits per heavy atom. The van der Waals surface area contributed by atoms with E-state index in [0.29, 0.717) is 6.42 Å². The van der Waals surface area contributed by atoms with E-state index in [0.717, 1.165) is 5.56 Å². The number of rotatable bonds is 5. The minimum atomic E-state index is -1.42. The number of esters is 1. The summed E-state index contributed by atoms with van der Waals surface area (Å²) in [6.07, 6.45) is -0.465. The molecular formula is C12H13O4-. The van der Waals surface area contributed by atoms with Gasteiger partial charge in [-0.05, 0) is 12.5 Å². The van der Waals surface area contributed by atoms with Gasteiger partial charge >= 0.3 is 5.97 Å². The van der Waals surface area contributed by atoms with Crippen molar-refractivity contribution in [2.24, 2.45) is 0 Å². The Hall–Kier alpha value is -1.84. The molecule has 4 heteroatoms. The third kappa shape index (κ3) is 4.59. The van der Waals surface area contributed by atoms with Crippen LogP contribution in [0, 0.1) is 0 Å². The van der Waals surface area contributed by atoms with E-state index in [9.17, 15) is 14.7 Å². The molecule has 86 valence electrons. The highest BCUT2D eigenvalue weighted by molar-refractivity contribution is 5.89. The van der Waals surface area contributed by atoms with Gasteiger partial charge < -0.3 is 14.6 Å². The lowest BCUT2D eigenvalue weighted by molar-refractivity contribution is -0.305. The number of benzene rings is 1. The molecule has 0 spiro atoms. The van der Waals surface area contributed by atoms with Gasteiger partial charge in [0.05, 0.1) is 12.4 Å². The fourth-order valence-electron chi connectivity index (χ4n) is 1.37.